The maximum Gasteiger partial charge on any atom is 0.122 e. The van der Waals surface area contributed by atoms with Gasteiger partial charge in [0.1, 0.15) is 11.9 Å². The molecule has 2 heterocycles. The Labute approximate surface area is 115 Å². The van der Waals surface area contributed by atoms with Gasteiger partial charge in [-0.1, -0.05) is 18.2 Å². The average molecular weight is 276 g/mol. The van der Waals surface area contributed by atoms with Crippen molar-refractivity contribution in [2.24, 2.45) is 11.1 Å². The summed E-state index contributed by atoms with van der Waals surface area (Å²) in [7, 11) is 0. The molecule has 0 fully saturated rings. The second-order valence-electron chi connectivity index (χ2n) is 4.95. The lowest BCUT2D eigenvalue weighted by Gasteiger charge is -2.40. The van der Waals surface area contributed by atoms with Crippen LogP contribution in [0.5, 0.6) is 5.75 Å². The molecule has 3 rings (SSSR count). The largest absolute Gasteiger partial charge is 0.493 e. The molecule has 3 N–H and O–H groups in total. The van der Waals surface area contributed by atoms with Crippen LogP contribution in [0.3, 0.4) is 0 Å². The van der Waals surface area contributed by atoms with Crippen LogP contribution in [0.1, 0.15) is 16.5 Å². The third-order valence-corrected chi connectivity index (χ3v) is 4.57. The topological polar surface area (TPSA) is 68.4 Å². The third kappa shape index (κ3) is 2.14. The van der Waals surface area contributed by atoms with Gasteiger partial charge in [0.2, 0.25) is 0 Å². The second kappa shape index (κ2) is 4.92. The molecule has 0 saturated carbocycles. The molecule has 1 aliphatic rings. The predicted octanol–water partition coefficient (Wildman–Crippen LogP) is 1.76. The number of thiazole rings is 1. The number of rotatable bonds is 3. The molecule has 0 bridgehead atoms. The van der Waals surface area contributed by atoms with Gasteiger partial charge < -0.3 is 15.6 Å². The molecule has 0 radical (unpaired) electrons. The summed E-state index contributed by atoms with van der Waals surface area (Å²) in [5, 5.41) is 10.6. The van der Waals surface area contributed by atoms with Gasteiger partial charge in [-0.15, -0.1) is 11.3 Å². The van der Waals surface area contributed by atoms with Crippen molar-refractivity contribution in [3.05, 3.63) is 46.4 Å². The minimum atomic E-state index is -0.640. The van der Waals surface area contributed by atoms with Crippen molar-refractivity contribution in [2.75, 3.05) is 13.2 Å². The van der Waals surface area contributed by atoms with Crippen LogP contribution >= 0.6 is 11.3 Å². The predicted molar refractivity (Wildman–Crippen MR) is 74.2 cm³/mol. The maximum absolute atomic E-state index is 10.6. The molecule has 2 atom stereocenters. The summed E-state index contributed by atoms with van der Waals surface area (Å²) in [6.07, 6.45) is 1.78. The SMILES string of the molecule is NCC1(C(O)c2cncs2)COc2ccccc2C1. The van der Waals surface area contributed by atoms with Crippen LogP contribution in [0.4, 0.5) is 0 Å². The van der Waals surface area contributed by atoms with Gasteiger partial charge in [-0.3, -0.25) is 4.98 Å². The Hall–Kier alpha value is -1.43. The molecule has 5 heteroatoms. The Kier molecular flexibility index (Phi) is 3.26. The summed E-state index contributed by atoms with van der Waals surface area (Å²) in [5.74, 6) is 0.892. The van der Waals surface area contributed by atoms with Crippen molar-refractivity contribution in [2.45, 2.75) is 12.5 Å². The van der Waals surface area contributed by atoms with Crippen LogP contribution in [-0.2, 0) is 6.42 Å². The van der Waals surface area contributed by atoms with Crippen molar-refractivity contribution in [1.29, 1.82) is 0 Å². The molecule has 2 aromatic rings. The minimum Gasteiger partial charge on any atom is -0.493 e. The second-order valence-corrected chi connectivity index (χ2v) is 5.86. The molecule has 1 aromatic heterocycles. The number of aliphatic hydroxyl groups is 1. The van der Waals surface area contributed by atoms with E-state index < -0.39 is 11.5 Å². The van der Waals surface area contributed by atoms with Gasteiger partial charge in [0.05, 0.1) is 22.4 Å². The molecular weight excluding hydrogens is 260 g/mol. The van der Waals surface area contributed by atoms with Crippen LogP contribution in [0.25, 0.3) is 0 Å². The summed E-state index contributed by atoms with van der Waals surface area (Å²) < 4.78 is 5.79. The van der Waals surface area contributed by atoms with E-state index in [4.69, 9.17) is 10.5 Å². The fourth-order valence-electron chi connectivity index (χ4n) is 2.52. The van der Waals surface area contributed by atoms with Gasteiger partial charge in [-0.05, 0) is 18.1 Å². The van der Waals surface area contributed by atoms with E-state index in [9.17, 15) is 5.11 Å². The van der Waals surface area contributed by atoms with Gasteiger partial charge in [0.25, 0.3) is 0 Å². The van der Waals surface area contributed by atoms with Crippen LogP contribution in [0.15, 0.2) is 36.0 Å². The van der Waals surface area contributed by atoms with Gasteiger partial charge >= 0.3 is 0 Å². The fourth-order valence-corrected chi connectivity index (χ4v) is 3.27. The first kappa shape index (κ1) is 12.6. The Morgan fingerprint density at radius 1 is 1.47 bits per heavy atom. The summed E-state index contributed by atoms with van der Waals surface area (Å²) >= 11 is 1.45. The highest BCUT2D eigenvalue weighted by Gasteiger charge is 2.42. The fraction of sp³-hybridized carbons (Fsp3) is 0.357. The molecule has 4 nitrogen and oxygen atoms in total. The number of nitrogens with two attached hydrogens (primary N) is 1. The third-order valence-electron chi connectivity index (χ3n) is 3.74. The summed E-state index contributed by atoms with van der Waals surface area (Å²) in [6, 6.07) is 7.91. The molecule has 19 heavy (non-hydrogen) atoms. The van der Waals surface area contributed by atoms with E-state index in [-0.39, 0.29) is 0 Å². The van der Waals surface area contributed by atoms with Crippen molar-refractivity contribution in [3.63, 3.8) is 0 Å². The summed E-state index contributed by atoms with van der Waals surface area (Å²) in [4.78, 5) is 4.87. The van der Waals surface area contributed by atoms with E-state index in [1.165, 1.54) is 11.3 Å². The van der Waals surface area contributed by atoms with E-state index in [2.05, 4.69) is 4.98 Å². The van der Waals surface area contributed by atoms with Gasteiger partial charge in [-0.25, -0.2) is 0 Å². The Morgan fingerprint density at radius 2 is 2.32 bits per heavy atom. The summed E-state index contributed by atoms with van der Waals surface area (Å²) in [6.45, 7) is 0.806. The van der Waals surface area contributed by atoms with E-state index in [0.717, 1.165) is 22.6 Å². The van der Waals surface area contributed by atoms with Gasteiger partial charge in [-0.2, -0.15) is 0 Å². The zero-order chi connectivity index (χ0) is 13.3. The van der Waals surface area contributed by atoms with Gasteiger partial charge in [0, 0.05) is 12.7 Å². The first-order valence-electron chi connectivity index (χ1n) is 6.22. The number of nitrogens with zero attached hydrogens (tertiary/aromatic N) is 1. The molecule has 0 amide bonds. The molecule has 100 valence electrons. The maximum atomic E-state index is 10.6. The molecule has 1 aromatic carbocycles. The molecular formula is C14H16N2O2S. The number of aliphatic hydroxyl groups excluding tert-OH is 1. The monoisotopic (exact) mass is 276 g/mol. The molecule has 0 aliphatic carbocycles. The van der Waals surface area contributed by atoms with Crippen LogP contribution < -0.4 is 10.5 Å². The van der Waals surface area contributed by atoms with Crippen molar-refractivity contribution < 1.29 is 9.84 Å². The number of benzene rings is 1. The number of aromatic nitrogens is 1. The minimum absolute atomic E-state index is 0.375. The number of fused-ring (bicyclic) bond motifs is 1. The van der Waals surface area contributed by atoms with Crippen LogP contribution in [0, 0.1) is 5.41 Å². The number of para-hydroxylation sites is 1. The first-order valence-corrected chi connectivity index (χ1v) is 7.10. The smallest absolute Gasteiger partial charge is 0.122 e. The lowest BCUT2D eigenvalue weighted by molar-refractivity contribution is -0.0141. The van der Waals surface area contributed by atoms with Crippen LogP contribution in [-0.4, -0.2) is 23.2 Å². The Morgan fingerprint density at radius 3 is 3.05 bits per heavy atom. The zero-order valence-electron chi connectivity index (χ0n) is 10.5. The standard InChI is InChI=1S/C14H16N2O2S/c15-7-14(13(17)12-6-16-9-19-12)5-10-3-1-2-4-11(10)18-8-14/h1-4,6,9,13,17H,5,7-8,15H2. The number of ether oxygens (including phenoxy) is 1. The Bertz CT molecular complexity index is 558. The van der Waals surface area contributed by atoms with E-state index in [1.807, 2.05) is 24.3 Å². The van der Waals surface area contributed by atoms with Crippen molar-refractivity contribution >= 4 is 11.3 Å². The van der Waals surface area contributed by atoms with E-state index in [0.29, 0.717) is 13.2 Å². The highest BCUT2D eigenvalue weighted by Crippen LogP contribution is 2.43. The highest BCUT2D eigenvalue weighted by atomic mass is 32.1. The van der Waals surface area contributed by atoms with E-state index >= 15 is 0 Å². The number of hydrogen-bond donors (Lipinski definition) is 2. The Balaban J connectivity index is 1.94. The number of hydrogen-bond acceptors (Lipinski definition) is 5. The van der Waals surface area contributed by atoms with E-state index in [1.54, 1.807) is 11.7 Å². The normalized spacial score (nSPS) is 23.5. The summed E-state index contributed by atoms with van der Waals surface area (Å²) in [5.41, 5.74) is 8.30. The zero-order valence-corrected chi connectivity index (χ0v) is 11.3. The lowest BCUT2D eigenvalue weighted by atomic mass is 9.75. The lowest BCUT2D eigenvalue weighted by Crippen LogP contribution is -2.45. The van der Waals surface area contributed by atoms with Crippen molar-refractivity contribution in [3.8, 4) is 5.75 Å². The van der Waals surface area contributed by atoms with Crippen molar-refractivity contribution in [1.82, 2.24) is 4.98 Å². The molecule has 0 spiro atoms. The molecule has 0 saturated heterocycles. The molecule has 1 aliphatic heterocycles. The highest BCUT2D eigenvalue weighted by molar-refractivity contribution is 7.09. The quantitative estimate of drug-likeness (QED) is 0.896. The molecule has 2 unspecified atom stereocenters. The van der Waals surface area contributed by atoms with Crippen LogP contribution in [0.2, 0.25) is 0 Å². The average Bonchev–Trinajstić information content (AvgIpc) is 3.00. The van der Waals surface area contributed by atoms with Gasteiger partial charge in [0.15, 0.2) is 0 Å². The first-order chi connectivity index (χ1) is 9.25.